The average Bonchev–Trinajstić information content (AvgIpc) is 3.16. The maximum absolute atomic E-state index is 3.93. The van der Waals surface area contributed by atoms with Crippen molar-refractivity contribution in [3.05, 3.63) is 31.6 Å². The maximum atomic E-state index is 3.93. The van der Waals surface area contributed by atoms with Crippen LogP contribution in [-0.4, -0.2) is 0 Å². The molecule has 2 aliphatic rings. The van der Waals surface area contributed by atoms with E-state index in [4.69, 9.17) is 0 Å². The molecule has 0 unspecified atom stereocenters. The van der Waals surface area contributed by atoms with Crippen molar-refractivity contribution in [3.8, 4) is 0 Å². The Kier molecular flexibility index (Phi) is 4.23. The average molecular weight is 402 g/mol. The van der Waals surface area contributed by atoms with Crippen molar-refractivity contribution in [2.45, 2.75) is 103 Å². The van der Waals surface area contributed by atoms with Gasteiger partial charge in [0.25, 0.3) is 0 Å². The van der Waals surface area contributed by atoms with Crippen LogP contribution in [-0.2, 0) is 21.7 Å². The molecule has 0 spiro atoms. The minimum Gasteiger partial charge on any atom is -0.354 e. The molecule has 2 aromatic heterocycles. The van der Waals surface area contributed by atoms with E-state index in [1.165, 1.54) is 37.1 Å². The number of hydrogen-bond donors (Lipinski definition) is 1. The van der Waals surface area contributed by atoms with Crippen LogP contribution in [0.25, 0.3) is 0 Å². The topological polar surface area (TPSA) is 12.0 Å². The molecule has 3 heteroatoms. The van der Waals surface area contributed by atoms with Crippen LogP contribution >= 0.6 is 22.7 Å². The van der Waals surface area contributed by atoms with E-state index < -0.39 is 0 Å². The highest BCUT2D eigenvalue weighted by atomic mass is 32.1. The van der Waals surface area contributed by atoms with Gasteiger partial charge in [0.2, 0.25) is 0 Å². The largest absolute Gasteiger partial charge is 0.354 e. The van der Waals surface area contributed by atoms with Gasteiger partial charge in [-0.3, -0.25) is 0 Å². The van der Waals surface area contributed by atoms with Gasteiger partial charge in [-0.25, -0.2) is 0 Å². The summed E-state index contributed by atoms with van der Waals surface area (Å²) in [5.74, 6) is 0. The fourth-order valence-electron chi connectivity index (χ4n) is 5.11. The number of anilines is 2. The first kappa shape index (κ1) is 19.5. The first-order valence-electron chi connectivity index (χ1n) is 10.4. The van der Waals surface area contributed by atoms with Crippen molar-refractivity contribution in [2.24, 2.45) is 0 Å². The number of hydrogen-bond acceptors (Lipinski definition) is 3. The minimum absolute atomic E-state index is 0.248. The summed E-state index contributed by atoms with van der Waals surface area (Å²) in [7, 11) is 0. The number of rotatable bonds is 2. The Bertz CT molecular complexity index is 804. The van der Waals surface area contributed by atoms with E-state index in [1.54, 1.807) is 20.9 Å². The molecule has 0 fully saturated rings. The standard InChI is InChI=1S/C24H35NS2/c1-21(2)9-11-23(5,6)19-17(21)15(13-26-19)25-16-14-27-20-18(16)22(3,4)10-12-24(20,7)8/h13-14,25H,9-12H2,1-8H3. The molecular weight excluding hydrogens is 366 g/mol. The Hall–Kier alpha value is -0.800. The van der Waals surface area contributed by atoms with E-state index in [-0.39, 0.29) is 10.8 Å². The van der Waals surface area contributed by atoms with Crippen LogP contribution < -0.4 is 5.32 Å². The summed E-state index contributed by atoms with van der Waals surface area (Å²) in [4.78, 5) is 3.18. The van der Waals surface area contributed by atoms with Crippen molar-refractivity contribution in [1.29, 1.82) is 0 Å². The summed E-state index contributed by atoms with van der Waals surface area (Å²) < 4.78 is 0. The second-order valence-electron chi connectivity index (χ2n) is 11.4. The molecular formula is C24H35NS2. The molecule has 1 nitrogen and oxygen atoms in total. The molecule has 2 aliphatic carbocycles. The van der Waals surface area contributed by atoms with Crippen molar-refractivity contribution in [1.82, 2.24) is 0 Å². The first-order valence-corrected chi connectivity index (χ1v) is 12.1. The van der Waals surface area contributed by atoms with Gasteiger partial charge in [-0.1, -0.05) is 55.4 Å². The molecule has 0 saturated heterocycles. The zero-order chi connectivity index (χ0) is 19.8. The Morgan fingerprint density at radius 2 is 0.926 bits per heavy atom. The number of fused-ring (bicyclic) bond motifs is 2. The Labute approximate surface area is 173 Å². The molecule has 0 atom stereocenters. The van der Waals surface area contributed by atoms with Gasteiger partial charge in [0.05, 0.1) is 11.4 Å². The third-order valence-corrected chi connectivity index (χ3v) is 9.88. The molecule has 2 heterocycles. The summed E-state index contributed by atoms with van der Waals surface area (Å²) >= 11 is 3.92. The van der Waals surface area contributed by atoms with Crippen LogP contribution in [0.5, 0.6) is 0 Å². The Balaban J connectivity index is 1.80. The lowest BCUT2D eigenvalue weighted by atomic mass is 9.66. The summed E-state index contributed by atoms with van der Waals surface area (Å²) in [6, 6.07) is 0. The quantitative estimate of drug-likeness (QED) is 0.534. The van der Waals surface area contributed by atoms with Crippen LogP contribution in [0.3, 0.4) is 0 Å². The molecule has 0 amide bonds. The van der Waals surface area contributed by atoms with Crippen LogP contribution in [0.1, 0.15) is 102 Å². The van der Waals surface area contributed by atoms with E-state index in [2.05, 4.69) is 71.5 Å². The smallest absolute Gasteiger partial charge is 0.0534 e. The van der Waals surface area contributed by atoms with Gasteiger partial charge in [-0.15, -0.1) is 22.7 Å². The van der Waals surface area contributed by atoms with Crippen molar-refractivity contribution in [3.63, 3.8) is 0 Å². The van der Waals surface area contributed by atoms with Crippen molar-refractivity contribution in [2.75, 3.05) is 5.32 Å². The Morgan fingerprint density at radius 1 is 0.593 bits per heavy atom. The summed E-state index contributed by atoms with van der Waals surface area (Å²) in [5, 5.41) is 8.69. The molecule has 1 N–H and O–H groups in total. The van der Waals surface area contributed by atoms with E-state index in [1.807, 2.05) is 22.7 Å². The lowest BCUT2D eigenvalue weighted by Gasteiger charge is -2.41. The third kappa shape index (κ3) is 3.00. The summed E-state index contributed by atoms with van der Waals surface area (Å²) in [6.07, 6.45) is 5.08. The van der Waals surface area contributed by atoms with Gasteiger partial charge in [-0.2, -0.15) is 0 Å². The van der Waals surface area contributed by atoms with Gasteiger partial charge in [0, 0.05) is 20.5 Å². The van der Waals surface area contributed by atoms with Gasteiger partial charge in [-0.05, 0) is 58.5 Å². The fraction of sp³-hybridized carbons (Fsp3) is 0.667. The predicted molar refractivity (Wildman–Crippen MR) is 122 cm³/mol. The fourth-order valence-corrected chi connectivity index (χ4v) is 7.79. The number of thiophene rings is 2. The zero-order valence-corrected chi connectivity index (χ0v) is 19.9. The van der Waals surface area contributed by atoms with Crippen molar-refractivity contribution >= 4 is 34.0 Å². The highest BCUT2D eigenvalue weighted by molar-refractivity contribution is 7.11. The molecule has 2 aromatic rings. The monoisotopic (exact) mass is 401 g/mol. The maximum Gasteiger partial charge on any atom is 0.0534 e. The second-order valence-corrected chi connectivity index (χ2v) is 13.1. The normalized spacial score (nSPS) is 24.1. The molecule has 0 bridgehead atoms. The third-order valence-electron chi connectivity index (χ3n) is 7.18. The highest BCUT2D eigenvalue weighted by Gasteiger charge is 2.42. The van der Waals surface area contributed by atoms with Gasteiger partial charge in [0.15, 0.2) is 0 Å². The van der Waals surface area contributed by atoms with Crippen LogP contribution in [0, 0.1) is 0 Å². The predicted octanol–water partition coefficient (Wildman–Crippen LogP) is 8.25. The molecule has 148 valence electrons. The Morgan fingerprint density at radius 3 is 1.30 bits per heavy atom. The van der Waals surface area contributed by atoms with E-state index in [0.29, 0.717) is 10.8 Å². The minimum atomic E-state index is 0.248. The molecule has 0 saturated carbocycles. The number of nitrogens with one attached hydrogen (secondary N) is 1. The van der Waals surface area contributed by atoms with E-state index in [9.17, 15) is 0 Å². The van der Waals surface area contributed by atoms with E-state index in [0.717, 1.165) is 0 Å². The lowest BCUT2D eigenvalue weighted by molar-refractivity contribution is 0.339. The highest BCUT2D eigenvalue weighted by Crippen LogP contribution is 2.55. The molecule has 0 radical (unpaired) electrons. The van der Waals surface area contributed by atoms with E-state index >= 15 is 0 Å². The van der Waals surface area contributed by atoms with Crippen LogP contribution in [0.15, 0.2) is 10.8 Å². The lowest BCUT2D eigenvalue weighted by Crippen LogP contribution is -2.33. The summed E-state index contributed by atoms with van der Waals surface area (Å²) in [6.45, 7) is 19.4. The van der Waals surface area contributed by atoms with Crippen molar-refractivity contribution < 1.29 is 0 Å². The van der Waals surface area contributed by atoms with Crippen LogP contribution in [0.4, 0.5) is 11.4 Å². The van der Waals surface area contributed by atoms with Gasteiger partial charge in [0.1, 0.15) is 0 Å². The van der Waals surface area contributed by atoms with Crippen LogP contribution in [0.2, 0.25) is 0 Å². The molecule has 0 aliphatic heterocycles. The second kappa shape index (κ2) is 5.86. The molecule has 0 aromatic carbocycles. The first-order chi connectivity index (χ1) is 12.4. The SMILES string of the molecule is CC1(C)CCC(C)(C)c2c(Nc3csc4c3C(C)(C)CCC4(C)C)csc21. The molecule has 4 rings (SSSR count). The zero-order valence-electron chi connectivity index (χ0n) is 18.3. The summed E-state index contributed by atoms with van der Waals surface area (Å²) in [5.41, 5.74) is 6.93. The van der Waals surface area contributed by atoms with Gasteiger partial charge < -0.3 is 5.32 Å². The van der Waals surface area contributed by atoms with Gasteiger partial charge >= 0.3 is 0 Å². The molecule has 27 heavy (non-hydrogen) atoms.